The smallest absolute Gasteiger partial charge is 0.0594 e. The molecule has 0 heterocycles. The summed E-state index contributed by atoms with van der Waals surface area (Å²) in [6.07, 6.45) is 15.6. The van der Waals surface area contributed by atoms with Crippen molar-refractivity contribution >= 4 is 0 Å². The summed E-state index contributed by atoms with van der Waals surface area (Å²) < 4.78 is 5.77. The Morgan fingerprint density at radius 2 is 1.80 bits per heavy atom. The van der Waals surface area contributed by atoms with E-state index in [4.69, 9.17) is 4.74 Å². The summed E-state index contributed by atoms with van der Waals surface area (Å²) in [5.41, 5.74) is 2.51. The average molecular weight is 417 g/mol. The van der Waals surface area contributed by atoms with Crippen LogP contribution in [0.3, 0.4) is 0 Å². The topological polar surface area (TPSA) is 29.5 Å². The molecule has 0 amide bonds. The summed E-state index contributed by atoms with van der Waals surface area (Å²) in [5.74, 6) is 4.96. The summed E-state index contributed by atoms with van der Waals surface area (Å²) in [6.45, 7) is 12.4. The van der Waals surface area contributed by atoms with Crippen LogP contribution in [0, 0.1) is 46.3 Å². The zero-order valence-corrected chi connectivity index (χ0v) is 20.6. The molecule has 0 aromatic carbocycles. The second-order valence-corrected chi connectivity index (χ2v) is 12.5. The van der Waals surface area contributed by atoms with E-state index in [2.05, 4.69) is 40.7 Å². The number of allylic oxidation sites excluding steroid dienone is 1. The summed E-state index contributed by atoms with van der Waals surface area (Å²) >= 11 is 0. The van der Waals surface area contributed by atoms with Crippen LogP contribution in [0.4, 0.5) is 0 Å². The molecule has 172 valence electrons. The molecular weight excluding hydrogens is 368 g/mol. The molecule has 9 atom stereocenters. The Kier molecular flexibility index (Phi) is 6.50. The van der Waals surface area contributed by atoms with Crippen LogP contribution < -0.4 is 0 Å². The number of aliphatic hydroxyl groups excluding tert-OH is 1. The monoisotopic (exact) mass is 416 g/mol. The molecule has 0 aromatic heterocycles. The van der Waals surface area contributed by atoms with Crippen molar-refractivity contribution in [2.45, 2.75) is 111 Å². The van der Waals surface area contributed by atoms with E-state index >= 15 is 0 Å². The number of rotatable bonds is 6. The van der Waals surface area contributed by atoms with Gasteiger partial charge in [-0.05, 0) is 111 Å². The van der Waals surface area contributed by atoms with Gasteiger partial charge in [-0.1, -0.05) is 46.3 Å². The molecule has 0 bridgehead atoms. The first kappa shape index (κ1) is 22.8. The maximum atomic E-state index is 10.2. The molecule has 3 saturated carbocycles. The Balaban J connectivity index is 1.47. The lowest BCUT2D eigenvalue weighted by Gasteiger charge is -2.58. The molecule has 3 fully saturated rings. The van der Waals surface area contributed by atoms with Gasteiger partial charge in [0, 0.05) is 7.11 Å². The highest BCUT2D eigenvalue weighted by molar-refractivity contribution is 5.25. The predicted molar refractivity (Wildman–Crippen MR) is 125 cm³/mol. The molecule has 0 saturated heterocycles. The zero-order valence-electron chi connectivity index (χ0n) is 20.6. The van der Waals surface area contributed by atoms with E-state index in [-0.39, 0.29) is 6.10 Å². The summed E-state index contributed by atoms with van der Waals surface area (Å²) in [7, 11) is 1.89. The SMILES string of the molecule is CO[C@@H](CC[C@@H](C)[C@H]1CC[C@H]2[C@@H]3CC=C4C[C@@H](O)CC[C@]4(C)[C@H]3CC[C@]12C)C(C)C. The van der Waals surface area contributed by atoms with Gasteiger partial charge in [0.25, 0.3) is 0 Å². The van der Waals surface area contributed by atoms with Crippen molar-refractivity contribution in [2.24, 2.45) is 46.3 Å². The average Bonchev–Trinajstić information content (AvgIpc) is 3.06. The van der Waals surface area contributed by atoms with Crippen LogP contribution >= 0.6 is 0 Å². The normalized spacial score (nSPS) is 45.3. The zero-order chi connectivity index (χ0) is 21.7. The van der Waals surface area contributed by atoms with Crippen LogP contribution in [-0.4, -0.2) is 24.4 Å². The van der Waals surface area contributed by atoms with E-state index in [0.29, 0.717) is 22.9 Å². The first-order chi connectivity index (χ1) is 14.2. The number of methoxy groups -OCH3 is 1. The Morgan fingerprint density at radius 1 is 1.03 bits per heavy atom. The van der Waals surface area contributed by atoms with E-state index in [1.807, 2.05) is 7.11 Å². The van der Waals surface area contributed by atoms with Crippen molar-refractivity contribution in [3.8, 4) is 0 Å². The lowest BCUT2D eigenvalue weighted by atomic mass is 9.47. The van der Waals surface area contributed by atoms with Gasteiger partial charge in [-0.2, -0.15) is 0 Å². The van der Waals surface area contributed by atoms with Crippen LogP contribution in [0.25, 0.3) is 0 Å². The van der Waals surface area contributed by atoms with Gasteiger partial charge in [0.15, 0.2) is 0 Å². The minimum Gasteiger partial charge on any atom is -0.393 e. The molecular formula is C28H48O2. The van der Waals surface area contributed by atoms with E-state index < -0.39 is 0 Å². The molecule has 30 heavy (non-hydrogen) atoms. The van der Waals surface area contributed by atoms with Gasteiger partial charge in [0.1, 0.15) is 0 Å². The van der Waals surface area contributed by atoms with Gasteiger partial charge in [-0.25, -0.2) is 0 Å². The van der Waals surface area contributed by atoms with Crippen LogP contribution in [0.5, 0.6) is 0 Å². The highest BCUT2D eigenvalue weighted by Crippen LogP contribution is 2.67. The predicted octanol–water partition coefficient (Wildman–Crippen LogP) is 7.01. The highest BCUT2D eigenvalue weighted by Gasteiger charge is 2.59. The lowest BCUT2D eigenvalue weighted by molar-refractivity contribution is -0.0582. The maximum Gasteiger partial charge on any atom is 0.0594 e. The molecule has 0 unspecified atom stereocenters. The van der Waals surface area contributed by atoms with E-state index in [0.717, 1.165) is 42.4 Å². The second kappa shape index (κ2) is 8.54. The third-order valence-corrected chi connectivity index (χ3v) is 10.8. The van der Waals surface area contributed by atoms with Crippen LogP contribution in [-0.2, 0) is 4.74 Å². The molecule has 4 rings (SSSR count). The third-order valence-electron chi connectivity index (χ3n) is 10.8. The van der Waals surface area contributed by atoms with Gasteiger partial charge in [0.2, 0.25) is 0 Å². The molecule has 0 aliphatic heterocycles. The van der Waals surface area contributed by atoms with Crippen molar-refractivity contribution in [3.05, 3.63) is 11.6 Å². The van der Waals surface area contributed by atoms with Crippen molar-refractivity contribution < 1.29 is 9.84 Å². The standard InChI is InChI=1S/C28H48O2/c1-18(2)26(30-6)12-7-19(3)23-10-11-24-22-9-8-20-17-21(29)13-15-27(20,4)25(22)14-16-28(23,24)5/h8,18-19,21-26,29H,7,9-17H2,1-6H3/t19-,21+,22+,23-,24+,25+,26+,27+,28-/m1/s1. The molecule has 1 N–H and O–H groups in total. The highest BCUT2D eigenvalue weighted by atomic mass is 16.5. The molecule has 4 aliphatic rings. The fraction of sp³-hybridized carbons (Fsp3) is 0.929. The fourth-order valence-electron chi connectivity index (χ4n) is 8.97. The lowest BCUT2D eigenvalue weighted by Crippen LogP contribution is -2.50. The number of fused-ring (bicyclic) bond motifs is 5. The molecule has 0 radical (unpaired) electrons. The number of hydrogen-bond acceptors (Lipinski definition) is 2. The van der Waals surface area contributed by atoms with Gasteiger partial charge in [-0.3, -0.25) is 0 Å². The minimum atomic E-state index is -0.0896. The Morgan fingerprint density at radius 3 is 2.50 bits per heavy atom. The molecule has 0 spiro atoms. The van der Waals surface area contributed by atoms with Gasteiger partial charge in [0.05, 0.1) is 12.2 Å². The van der Waals surface area contributed by atoms with Crippen LogP contribution in [0.15, 0.2) is 11.6 Å². The fourth-order valence-corrected chi connectivity index (χ4v) is 8.97. The number of ether oxygens (including phenoxy) is 1. The first-order valence-electron chi connectivity index (χ1n) is 13.1. The molecule has 4 aliphatic carbocycles. The van der Waals surface area contributed by atoms with E-state index in [1.54, 1.807) is 5.57 Å². The minimum absolute atomic E-state index is 0.0896. The summed E-state index contributed by atoms with van der Waals surface area (Å²) in [5, 5.41) is 10.2. The van der Waals surface area contributed by atoms with Crippen LogP contribution in [0.2, 0.25) is 0 Å². The van der Waals surface area contributed by atoms with E-state index in [1.165, 1.54) is 51.4 Å². The van der Waals surface area contributed by atoms with Crippen molar-refractivity contribution in [3.63, 3.8) is 0 Å². The van der Waals surface area contributed by atoms with E-state index in [9.17, 15) is 5.11 Å². The number of hydrogen-bond donors (Lipinski definition) is 1. The second-order valence-electron chi connectivity index (χ2n) is 12.5. The number of aliphatic hydroxyl groups is 1. The molecule has 0 aromatic rings. The van der Waals surface area contributed by atoms with Gasteiger partial charge < -0.3 is 9.84 Å². The Hall–Kier alpha value is -0.340. The largest absolute Gasteiger partial charge is 0.393 e. The summed E-state index contributed by atoms with van der Waals surface area (Å²) in [4.78, 5) is 0. The van der Waals surface area contributed by atoms with Crippen LogP contribution in [0.1, 0.15) is 98.8 Å². The molecule has 2 heteroatoms. The van der Waals surface area contributed by atoms with Crippen molar-refractivity contribution in [1.82, 2.24) is 0 Å². The van der Waals surface area contributed by atoms with Gasteiger partial charge in [-0.15, -0.1) is 0 Å². The molecule has 2 nitrogen and oxygen atoms in total. The third kappa shape index (κ3) is 3.72. The first-order valence-corrected chi connectivity index (χ1v) is 13.1. The Labute approximate surface area is 186 Å². The quantitative estimate of drug-likeness (QED) is 0.472. The van der Waals surface area contributed by atoms with Gasteiger partial charge >= 0.3 is 0 Å². The van der Waals surface area contributed by atoms with Crippen molar-refractivity contribution in [2.75, 3.05) is 7.11 Å². The van der Waals surface area contributed by atoms with Crippen molar-refractivity contribution in [1.29, 1.82) is 0 Å². The maximum absolute atomic E-state index is 10.2. The summed E-state index contributed by atoms with van der Waals surface area (Å²) in [6, 6.07) is 0. The Bertz CT molecular complexity index is 639.